The number of aryl methyl sites for hydroxylation is 1. The Labute approximate surface area is 352 Å². The van der Waals surface area contributed by atoms with Crippen molar-refractivity contribution in [2.24, 2.45) is 5.92 Å². The van der Waals surface area contributed by atoms with Crippen molar-refractivity contribution in [2.75, 3.05) is 126 Å². The minimum atomic E-state index is -0.316. The van der Waals surface area contributed by atoms with E-state index in [2.05, 4.69) is 10.3 Å². The standard InChI is InChI=1S/C43H67N5O12/c1-3-16-47-41-39(42(50)48(43(47)51)34-36-7-5-4-6-8-36)45-40(46-41)37-12-9-35(10-13-37)11-14-38(49)44-15-17-53-20-21-55-24-25-57-28-29-59-32-33-60-31-30-58-27-26-56-23-22-54-19-18-52-2/h9-14,36H,3-8,15-34H2,1-2H3,(H,44,49)(H,45,46)/b14-11+. The number of imidazole rings is 1. The molecule has 1 aliphatic carbocycles. The molecule has 336 valence electrons. The van der Waals surface area contributed by atoms with Crippen LogP contribution in [0.4, 0.5) is 0 Å². The van der Waals surface area contributed by atoms with E-state index in [1.807, 2.05) is 31.2 Å². The molecular formula is C43H67N5O12. The lowest BCUT2D eigenvalue weighted by molar-refractivity contribution is -0.116. The molecule has 2 N–H and O–H groups in total. The quantitative estimate of drug-likeness (QED) is 0.0659. The molecule has 1 aliphatic rings. The number of hydrogen-bond acceptors (Lipinski definition) is 13. The number of fused-ring (bicyclic) bond motifs is 1. The highest BCUT2D eigenvalue weighted by Gasteiger charge is 2.21. The molecule has 0 unspecified atom stereocenters. The second-order valence-electron chi connectivity index (χ2n) is 14.3. The minimum absolute atomic E-state index is 0.234. The summed E-state index contributed by atoms with van der Waals surface area (Å²) in [7, 11) is 1.64. The van der Waals surface area contributed by atoms with Gasteiger partial charge in [-0.25, -0.2) is 9.78 Å². The first-order valence-electron chi connectivity index (χ1n) is 21.4. The van der Waals surface area contributed by atoms with Crippen molar-refractivity contribution < 1.29 is 47.4 Å². The molecule has 1 fully saturated rings. The van der Waals surface area contributed by atoms with E-state index >= 15 is 0 Å². The lowest BCUT2D eigenvalue weighted by Crippen LogP contribution is -2.41. The first-order chi connectivity index (χ1) is 29.5. The highest BCUT2D eigenvalue weighted by atomic mass is 16.6. The molecule has 2 heterocycles. The maximum Gasteiger partial charge on any atom is 0.332 e. The van der Waals surface area contributed by atoms with Gasteiger partial charge in [0.1, 0.15) is 11.3 Å². The molecule has 1 saturated carbocycles. The van der Waals surface area contributed by atoms with Crippen molar-refractivity contribution in [3.8, 4) is 11.4 Å². The summed E-state index contributed by atoms with van der Waals surface area (Å²) < 4.78 is 51.6. The molecule has 17 nitrogen and oxygen atoms in total. The largest absolute Gasteiger partial charge is 0.382 e. The first-order valence-corrected chi connectivity index (χ1v) is 21.4. The zero-order valence-corrected chi connectivity index (χ0v) is 35.7. The average molecular weight is 846 g/mol. The lowest BCUT2D eigenvalue weighted by atomic mass is 9.89. The monoisotopic (exact) mass is 845 g/mol. The smallest absolute Gasteiger partial charge is 0.332 e. The molecule has 0 atom stereocenters. The van der Waals surface area contributed by atoms with Crippen LogP contribution in [-0.2, 0) is 60.5 Å². The fourth-order valence-electron chi connectivity index (χ4n) is 6.53. The number of rotatable bonds is 34. The number of H-pyrrole nitrogens is 1. The van der Waals surface area contributed by atoms with Gasteiger partial charge in [-0.1, -0.05) is 50.5 Å². The summed E-state index contributed by atoms with van der Waals surface area (Å²) >= 11 is 0. The zero-order chi connectivity index (χ0) is 42.5. The van der Waals surface area contributed by atoms with Gasteiger partial charge in [-0.2, -0.15) is 0 Å². The van der Waals surface area contributed by atoms with E-state index in [-0.39, 0.29) is 17.2 Å². The number of ether oxygens (including phenoxy) is 9. The Balaban J connectivity index is 0.983. The molecule has 2 aromatic heterocycles. The molecule has 0 spiro atoms. The molecule has 0 radical (unpaired) electrons. The number of amides is 1. The van der Waals surface area contributed by atoms with Crippen LogP contribution < -0.4 is 16.6 Å². The van der Waals surface area contributed by atoms with E-state index in [1.165, 1.54) is 17.1 Å². The van der Waals surface area contributed by atoms with Crippen LogP contribution in [0.5, 0.6) is 0 Å². The van der Waals surface area contributed by atoms with Gasteiger partial charge in [0.15, 0.2) is 5.65 Å². The SMILES string of the molecule is CCCn1c(=O)n(CC2CCCCC2)c(=O)c2[nH]c(-c3ccc(/C=C/C(=O)NCCOCCOCCOCCOCCOCCOCCOCCOCCOC)cc3)nc21. The van der Waals surface area contributed by atoms with Crippen molar-refractivity contribution in [3.63, 3.8) is 0 Å². The van der Waals surface area contributed by atoms with E-state index < -0.39 is 0 Å². The van der Waals surface area contributed by atoms with E-state index in [4.69, 9.17) is 47.6 Å². The van der Waals surface area contributed by atoms with Gasteiger partial charge in [-0.15, -0.1) is 0 Å². The first kappa shape index (κ1) is 48.9. The van der Waals surface area contributed by atoms with Gasteiger partial charge >= 0.3 is 5.69 Å². The summed E-state index contributed by atoms with van der Waals surface area (Å²) in [6, 6.07) is 7.49. The van der Waals surface area contributed by atoms with Crippen molar-refractivity contribution in [1.29, 1.82) is 0 Å². The van der Waals surface area contributed by atoms with Gasteiger partial charge in [0.25, 0.3) is 5.56 Å². The number of aromatic nitrogens is 4. The van der Waals surface area contributed by atoms with Crippen LogP contribution in [0.15, 0.2) is 39.9 Å². The molecule has 1 aromatic carbocycles. The third-order valence-electron chi connectivity index (χ3n) is 9.67. The molecule has 1 amide bonds. The molecule has 0 bridgehead atoms. The van der Waals surface area contributed by atoms with Crippen LogP contribution in [0.1, 0.15) is 51.0 Å². The van der Waals surface area contributed by atoms with Crippen LogP contribution in [0.25, 0.3) is 28.6 Å². The number of hydrogen-bond donors (Lipinski definition) is 2. The average Bonchev–Trinajstić information content (AvgIpc) is 3.72. The second-order valence-corrected chi connectivity index (χ2v) is 14.3. The number of nitrogens with one attached hydrogen (secondary N) is 2. The number of nitrogens with zero attached hydrogens (tertiary/aromatic N) is 3. The van der Waals surface area contributed by atoms with Crippen molar-refractivity contribution in [3.05, 3.63) is 56.7 Å². The molecule has 0 aliphatic heterocycles. The summed E-state index contributed by atoms with van der Waals surface area (Å²) in [6.07, 6.45) is 9.51. The van der Waals surface area contributed by atoms with E-state index in [0.717, 1.165) is 43.2 Å². The summed E-state index contributed by atoms with van der Waals surface area (Å²) in [5, 5.41) is 2.81. The Kier molecular flexibility index (Phi) is 24.7. The van der Waals surface area contributed by atoms with E-state index in [1.54, 1.807) is 17.8 Å². The molecule has 4 rings (SSSR count). The normalized spacial score (nSPS) is 13.6. The molecule has 60 heavy (non-hydrogen) atoms. The van der Waals surface area contributed by atoms with Gasteiger partial charge in [-0.05, 0) is 36.8 Å². The van der Waals surface area contributed by atoms with Gasteiger partial charge in [0.2, 0.25) is 5.91 Å². The van der Waals surface area contributed by atoms with Crippen LogP contribution in [0, 0.1) is 5.92 Å². The summed E-state index contributed by atoms with van der Waals surface area (Å²) in [4.78, 5) is 47.2. The van der Waals surface area contributed by atoms with Gasteiger partial charge in [0, 0.05) is 38.4 Å². The maximum atomic E-state index is 13.5. The van der Waals surface area contributed by atoms with Crippen LogP contribution >= 0.6 is 0 Å². The lowest BCUT2D eigenvalue weighted by Gasteiger charge is -2.22. The second kappa shape index (κ2) is 30.3. The Hall–Kier alpha value is -3.78. The number of methoxy groups -OCH3 is 1. The number of carbonyl (C=O) groups excluding carboxylic acids is 1. The minimum Gasteiger partial charge on any atom is -0.382 e. The predicted molar refractivity (Wildman–Crippen MR) is 227 cm³/mol. The highest BCUT2D eigenvalue weighted by Crippen LogP contribution is 2.25. The third kappa shape index (κ3) is 18.5. The summed E-state index contributed by atoms with van der Waals surface area (Å²) in [6.45, 7) is 11.6. The zero-order valence-electron chi connectivity index (χ0n) is 35.7. The summed E-state index contributed by atoms with van der Waals surface area (Å²) in [5.74, 6) is 0.622. The van der Waals surface area contributed by atoms with Crippen molar-refractivity contribution in [1.82, 2.24) is 24.4 Å². The van der Waals surface area contributed by atoms with Crippen LogP contribution in [-0.4, -0.2) is 151 Å². The Morgan fingerprint density at radius 1 is 0.717 bits per heavy atom. The number of benzene rings is 1. The fraction of sp³-hybridized carbons (Fsp3) is 0.674. The Morgan fingerprint density at radius 2 is 1.22 bits per heavy atom. The molecule has 17 heteroatoms. The number of aromatic amines is 1. The Bertz CT molecular complexity index is 1750. The van der Waals surface area contributed by atoms with Gasteiger partial charge in [-0.3, -0.25) is 18.7 Å². The maximum absolute atomic E-state index is 13.5. The molecular weight excluding hydrogens is 778 g/mol. The third-order valence-corrected chi connectivity index (χ3v) is 9.67. The van der Waals surface area contributed by atoms with E-state index in [0.29, 0.717) is 155 Å². The van der Waals surface area contributed by atoms with Gasteiger partial charge < -0.3 is 52.9 Å². The molecule has 3 aromatic rings. The predicted octanol–water partition coefficient (Wildman–Crippen LogP) is 3.45. The summed E-state index contributed by atoms with van der Waals surface area (Å²) in [5.41, 5.74) is 1.72. The highest BCUT2D eigenvalue weighted by molar-refractivity contribution is 5.91. The van der Waals surface area contributed by atoms with Gasteiger partial charge in [0.05, 0.1) is 112 Å². The van der Waals surface area contributed by atoms with E-state index in [9.17, 15) is 14.4 Å². The van der Waals surface area contributed by atoms with Crippen molar-refractivity contribution >= 4 is 23.1 Å². The topological polar surface area (TPSA) is 185 Å². The number of carbonyl (C=O) groups is 1. The van der Waals surface area contributed by atoms with Crippen LogP contribution in [0.2, 0.25) is 0 Å². The Morgan fingerprint density at radius 3 is 1.72 bits per heavy atom. The molecule has 0 saturated heterocycles. The van der Waals surface area contributed by atoms with Crippen molar-refractivity contribution in [2.45, 2.75) is 58.5 Å². The van der Waals surface area contributed by atoms with Crippen LogP contribution in [0.3, 0.4) is 0 Å². The fourth-order valence-corrected chi connectivity index (χ4v) is 6.53.